The van der Waals surface area contributed by atoms with Crippen molar-refractivity contribution in [3.8, 4) is 0 Å². The molecule has 0 fully saturated rings. The van der Waals surface area contributed by atoms with Gasteiger partial charge >= 0.3 is 5.97 Å². The molecule has 0 aromatic heterocycles. The molecular weight excluding hydrogens is 346 g/mol. The standard InChI is InChI=1S/C21H21NO5/c1-3-27-19(24)13-22-17-7-5-4-6-16(17)21(26,20(22)25)12-18(23)15-10-8-14(2)9-11-15/h4-11,26H,3,12-13H2,1-2H3/t21-/m0/s1. The fourth-order valence-electron chi connectivity index (χ4n) is 3.24. The van der Waals surface area contributed by atoms with Crippen LogP contribution in [0.1, 0.15) is 34.8 Å². The third kappa shape index (κ3) is 3.48. The first-order valence-electron chi connectivity index (χ1n) is 8.76. The van der Waals surface area contributed by atoms with Crippen molar-refractivity contribution in [2.24, 2.45) is 0 Å². The van der Waals surface area contributed by atoms with E-state index in [9.17, 15) is 19.5 Å². The van der Waals surface area contributed by atoms with Gasteiger partial charge in [-0.05, 0) is 19.9 Å². The van der Waals surface area contributed by atoms with E-state index in [-0.39, 0.29) is 18.9 Å². The van der Waals surface area contributed by atoms with Crippen LogP contribution in [0.25, 0.3) is 0 Å². The van der Waals surface area contributed by atoms with Gasteiger partial charge in [-0.15, -0.1) is 0 Å². The number of benzene rings is 2. The second-order valence-corrected chi connectivity index (χ2v) is 6.54. The van der Waals surface area contributed by atoms with Crippen molar-refractivity contribution in [2.75, 3.05) is 18.1 Å². The van der Waals surface area contributed by atoms with Gasteiger partial charge < -0.3 is 9.84 Å². The molecule has 1 heterocycles. The van der Waals surface area contributed by atoms with E-state index < -0.39 is 23.9 Å². The zero-order chi connectivity index (χ0) is 19.6. The molecule has 1 amide bonds. The fourth-order valence-corrected chi connectivity index (χ4v) is 3.24. The van der Waals surface area contributed by atoms with E-state index >= 15 is 0 Å². The van der Waals surface area contributed by atoms with E-state index in [0.717, 1.165) is 5.56 Å². The summed E-state index contributed by atoms with van der Waals surface area (Å²) in [4.78, 5) is 38.7. The van der Waals surface area contributed by atoms with E-state index in [4.69, 9.17) is 4.74 Å². The number of esters is 1. The molecule has 1 N–H and O–H groups in total. The first-order chi connectivity index (χ1) is 12.9. The van der Waals surface area contributed by atoms with Gasteiger partial charge in [0.25, 0.3) is 5.91 Å². The van der Waals surface area contributed by atoms with E-state index in [0.29, 0.717) is 16.8 Å². The number of anilines is 1. The lowest BCUT2D eigenvalue weighted by atomic mass is 9.88. The Bertz CT molecular complexity index is 890. The summed E-state index contributed by atoms with van der Waals surface area (Å²) in [5.41, 5.74) is 0.149. The number of hydrogen-bond acceptors (Lipinski definition) is 5. The molecule has 1 atom stereocenters. The Morgan fingerprint density at radius 3 is 2.44 bits per heavy atom. The molecule has 0 bridgehead atoms. The van der Waals surface area contributed by atoms with Gasteiger partial charge in [0.05, 0.1) is 18.7 Å². The maximum Gasteiger partial charge on any atom is 0.326 e. The van der Waals surface area contributed by atoms with Gasteiger partial charge in [0.15, 0.2) is 11.4 Å². The number of carbonyl (C=O) groups excluding carboxylic acids is 3. The van der Waals surface area contributed by atoms with Crippen molar-refractivity contribution in [1.29, 1.82) is 0 Å². The van der Waals surface area contributed by atoms with Crippen LogP contribution < -0.4 is 4.90 Å². The van der Waals surface area contributed by atoms with Crippen LogP contribution in [0, 0.1) is 6.92 Å². The third-order valence-corrected chi connectivity index (χ3v) is 4.62. The van der Waals surface area contributed by atoms with Crippen molar-refractivity contribution in [2.45, 2.75) is 25.9 Å². The Morgan fingerprint density at radius 2 is 1.78 bits per heavy atom. The van der Waals surface area contributed by atoms with Gasteiger partial charge in [-0.25, -0.2) is 0 Å². The molecule has 1 aliphatic heterocycles. The minimum Gasteiger partial charge on any atom is -0.465 e. The van der Waals surface area contributed by atoms with Crippen LogP contribution in [0.5, 0.6) is 0 Å². The number of ketones is 1. The zero-order valence-corrected chi connectivity index (χ0v) is 15.3. The Morgan fingerprint density at radius 1 is 1.11 bits per heavy atom. The number of aliphatic hydroxyl groups is 1. The fraction of sp³-hybridized carbons (Fsp3) is 0.286. The van der Waals surface area contributed by atoms with E-state index in [2.05, 4.69) is 0 Å². The topological polar surface area (TPSA) is 83.9 Å². The molecule has 0 saturated heterocycles. The molecule has 6 heteroatoms. The molecule has 0 unspecified atom stereocenters. The number of ether oxygens (including phenoxy) is 1. The number of amides is 1. The summed E-state index contributed by atoms with van der Waals surface area (Å²) >= 11 is 0. The number of aryl methyl sites for hydroxylation is 1. The lowest BCUT2D eigenvalue weighted by Gasteiger charge is -2.22. The van der Waals surface area contributed by atoms with Crippen LogP contribution >= 0.6 is 0 Å². The van der Waals surface area contributed by atoms with Crippen LogP contribution in [0.15, 0.2) is 48.5 Å². The Hall–Kier alpha value is -2.99. The number of fused-ring (bicyclic) bond motifs is 1. The quantitative estimate of drug-likeness (QED) is 0.626. The minimum absolute atomic E-state index is 0.193. The van der Waals surface area contributed by atoms with Crippen LogP contribution in [0.3, 0.4) is 0 Å². The zero-order valence-electron chi connectivity index (χ0n) is 15.3. The lowest BCUT2D eigenvalue weighted by molar-refractivity contribution is -0.144. The van der Waals surface area contributed by atoms with E-state index in [1.54, 1.807) is 55.5 Å². The van der Waals surface area contributed by atoms with Gasteiger partial charge in [0, 0.05) is 11.1 Å². The van der Waals surface area contributed by atoms with E-state index in [1.165, 1.54) is 4.90 Å². The monoisotopic (exact) mass is 367 g/mol. The highest BCUT2D eigenvalue weighted by molar-refractivity contribution is 6.12. The van der Waals surface area contributed by atoms with Gasteiger partial charge in [-0.3, -0.25) is 19.3 Å². The number of rotatable bonds is 6. The number of hydrogen-bond donors (Lipinski definition) is 1. The molecule has 27 heavy (non-hydrogen) atoms. The number of para-hydroxylation sites is 1. The van der Waals surface area contributed by atoms with Crippen molar-refractivity contribution in [1.82, 2.24) is 0 Å². The molecule has 0 spiro atoms. The van der Waals surface area contributed by atoms with Crippen LogP contribution in [0.4, 0.5) is 5.69 Å². The Labute approximate surface area is 157 Å². The number of nitrogens with zero attached hydrogens (tertiary/aromatic N) is 1. The van der Waals surface area contributed by atoms with Crippen molar-refractivity contribution < 1.29 is 24.2 Å². The predicted octanol–water partition coefficient (Wildman–Crippen LogP) is 2.37. The lowest BCUT2D eigenvalue weighted by Crippen LogP contribution is -2.44. The summed E-state index contributed by atoms with van der Waals surface area (Å²) in [6.45, 7) is 3.46. The van der Waals surface area contributed by atoms with Gasteiger partial charge in [0.2, 0.25) is 0 Å². The second-order valence-electron chi connectivity index (χ2n) is 6.54. The summed E-state index contributed by atoms with van der Waals surface area (Å²) in [5, 5.41) is 11.1. The Balaban J connectivity index is 1.92. The predicted molar refractivity (Wildman–Crippen MR) is 99.5 cm³/mol. The molecule has 3 rings (SSSR count). The third-order valence-electron chi connectivity index (χ3n) is 4.62. The molecule has 6 nitrogen and oxygen atoms in total. The van der Waals surface area contributed by atoms with Crippen LogP contribution in [-0.2, 0) is 19.9 Å². The first kappa shape index (κ1) is 18.8. The van der Waals surface area contributed by atoms with Crippen molar-refractivity contribution in [3.63, 3.8) is 0 Å². The summed E-state index contributed by atoms with van der Waals surface area (Å²) < 4.78 is 4.92. The number of carbonyl (C=O) groups is 3. The molecule has 0 aliphatic carbocycles. The second kappa shape index (κ2) is 7.32. The van der Waals surface area contributed by atoms with Gasteiger partial charge in [0.1, 0.15) is 6.54 Å². The average molecular weight is 367 g/mol. The minimum atomic E-state index is -2.01. The first-order valence-corrected chi connectivity index (χ1v) is 8.76. The van der Waals surface area contributed by atoms with Crippen molar-refractivity contribution >= 4 is 23.3 Å². The van der Waals surface area contributed by atoms with Crippen LogP contribution in [0.2, 0.25) is 0 Å². The SMILES string of the molecule is CCOC(=O)CN1C(=O)[C@](O)(CC(=O)c2ccc(C)cc2)c2ccccc21. The molecule has 1 aliphatic rings. The van der Waals surface area contributed by atoms with E-state index in [1.807, 2.05) is 6.92 Å². The summed E-state index contributed by atoms with van der Waals surface area (Å²) in [6.07, 6.45) is -0.398. The molecule has 0 saturated carbocycles. The summed E-state index contributed by atoms with van der Waals surface area (Å²) in [6, 6.07) is 13.6. The van der Waals surface area contributed by atoms with Gasteiger partial charge in [-0.1, -0.05) is 48.0 Å². The van der Waals surface area contributed by atoms with Crippen LogP contribution in [-0.4, -0.2) is 35.9 Å². The number of Topliss-reactive ketones (excluding diaryl/α,β-unsaturated/α-hetero) is 1. The molecular formula is C21H21NO5. The average Bonchev–Trinajstić information content (AvgIpc) is 2.85. The normalized spacial score (nSPS) is 18.3. The largest absolute Gasteiger partial charge is 0.465 e. The maximum absolute atomic E-state index is 13.0. The highest BCUT2D eigenvalue weighted by atomic mass is 16.5. The summed E-state index contributed by atoms with van der Waals surface area (Å²) in [7, 11) is 0. The van der Waals surface area contributed by atoms with Gasteiger partial charge in [-0.2, -0.15) is 0 Å². The molecule has 0 radical (unpaired) electrons. The molecule has 2 aromatic carbocycles. The maximum atomic E-state index is 13.0. The molecule has 140 valence electrons. The molecule has 2 aromatic rings. The Kier molecular flexibility index (Phi) is 5.10. The summed E-state index contributed by atoms with van der Waals surface area (Å²) in [5.74, 6) is -1.62. The highest BCUT2D eigenvalue weighted by Gasteiger charge is 2.51. The van der Waals surface area contributed by atoms with Crippen molar-refractivity contribution in [3.05, 3.63) is 65.2 Å². The smallest absolute Gasteiger partial charge is 0.326 e. The highest BCUT2D eigenvalue weighted by Crippen LogP contribution is 2.42.